The molecule has 2 rings (SSSR count). The highest BCUT2D eigenvalue weighted by molar-refractivity contribution is 7.89. The predicted molar refractivity (Wildman–Crippen MR) is 90.3 cm³/mol. The van der Waals surface area contributed by atoms with Crippen LogP contribution in [0.4, 0.5) is 0 Å². The normalized spacial score (nSPS) is 14.8. The van der Waals surface area contributed by atoms with Gasteiger partial charge < -0.3 is 9.47 Å². The molecule has 1 aromatic rings. The van der Waals surface area contributed by atoms with Gasteiger partial charge in [0, 0.05) is 12.6 Å². The number of aryl methyl sites for hydroxylation is 1. The number of carbonyl (C=O) groups excluding carboxylic acids is 3. The van der Waals surface area contributed by atoms with Crippen LogP contribution < -0.4 is 0 Å². The molecule has 140 valence electrons. The second-order valence-corrected chi connectivity index (χ2v) is 7.54. The maximum Gasteiger partial charge on any atom is 0.324 e. The molecular formula is C17H19NO7S. The first-order valence-electron chi connectivity index (χ1n) is 7.72. The fraction of sp³-hybridized carbons (Fsp3) is 0.353. The summed E-state index contributed by atoms with van der Waals surface area (Å²) in [5.41, 5.74) is 1.04. The van der Waals surface area contributed by atoms with Crippen LogP contribution in [0.15, 0.2) is 40.8 Å². The number of nitrogens with zero attached hydrogens (tertiary/aromatic N) is 1. The number of methoxy groups -OCH3 is 2. The van der Waals surface area contributed by atoms with Gasteiger partial charge in [0.15, 0.2) is 5.92 Å². The molecule has 1 heterocycles. The van der Waals surface area contributed by atoms with Crippen molar-refractivity contribution in [1.82, 2.24) is 4.31 Å². The van der Waals surface area contributed by atoms with Crippen molar-refractivity contribution in [2.45, 2.75) is 18.2 Å². The summed E-state index contributed by atoms with van der Waals surface area (Å²) >= 11 is 0. The first-order valence-corrected chi connectivity index (χ1v) is 9.16. The average Bonchev–Trinajstić information content (AvgIpc) is 2.61. The van der Waals surface area contributed by atoms with Gasteiger partial charge in [0.25, 0.3) is 15.9 Å². The lowest BCUT2D eigenvalue weighted by Gasteiger charge is -2.27. The van der Waals surface area contributed by atoms with Gasteiger partial charge in [-0.05, 0) is 31.1 Å². The maximum absolute atomic E-state index is 12.7. The number of hydrogen-bond acceptors (Lipinski definition) is 7. The van der Waals surface area contributed by atoms with Crippen LogP contribution in [0.3, 0.4) is 0 Å². The molecule has 0 unspecified atom stereocenters. The van der Waals surface area contributed by atoms with Gasteiger partial charge in [-0.1, -0.05) is 17.7 Å². The molecule has 0 fully saturated rings. The lowest BCUT2D eigenvalue weighted by Crippen LogP contribution is -2.41. The number of benzene rings is 1. The van der Waals surface area contributed by atoms with E-state index in [1.807, 2.05) is 6.92 Å². The molecule has 0 saturated heterocycles. The zero-order chi connectivity index (χ0) is 19.5. The minimum absolute atomic E-state index is 0.00853. The van der Waals surface area contributed by atoms with Crippen molar-refractivity contribution in [2.24, 2.45) is 5.92 Å². The van der Waals surface area contributed by atoms with Crippen molar-refractivity contribution in [1.29, 1.82) is 0 Å². The number of carbonyl (C=O) groups is 3. The minimum atomic E-state index is -4.02. The van der Waals surface area contributed by atoms with Gasteiger partial charge in [0.2, 0.25) is 0 Å². The van der Waals surface area contributed by atoms with Crippen LogP contribution in [0.5, 0.6) is 0 Å². The smallest absolute Gasteiger partial charge is 0.324 e. The van der Waals surface area contributed by atoms with Crippen LogP contribution in [-0.2, 0) is 33.9 Å². The molecule has 0 aromatic heterocycles. The number of hydrogen-bond donors (Lipinski definition) is 0. The van der Waals surface area contributed by atoms with Gasteiger partial charge >= 0.3 is 11.9 Å². The standard InChI is InChI=1S/C17H19NO7S/c1-11-4-6-13(7-5-11)26(22,23)18-9-8-12(10-14(18)19)15(16(20)24-2)17(21)25-3/h4-7,10,15H,8-9H2,1-3H3. The Labute approximate surface area is 151 Å². The quantitative estimate of drug-likeness (QED) is 0.548. The zero-order valence-corrected chi connectivity index (χ0v) is 15.4. The van der Waals surface area contributed by atoms with Crippen molar-refractivity contribution in [2.75, 3.05) is 20.8 Å². The molecule has 0 saturated carbocycles. The van der Waals surface area contributed by atoms with Crippen LogP contribution >= 0.6 is 0 Å². The molecule has 1 aromatic carbocycles. The third-order valence-corrected chi connectivity index (χ3v) is 5.82. The van der Waals surface area contributed by atoms with E-state index in [1.54, 1.807) is 12.1 Å². The second kappa shape index (κ2) is 7.69. The van der Waals surface area contributed by atoms with Crippen molar-refractivity contribution in [3.05, 3.63) is 41.5 Å². The van der Waals surface area contributed by atoms with Crippen LogP contribution in [0.25, 0.3) is 0 Å². The van der Waals surface area contributed by atoms with E-state index in [0.717, 1.165) is 25.9 Å². The number of rotatable bonds is 5. The monoisotopic (exact) mass is 381 g/mol. The first kappa shape index (κ1) is 19.6. The van der Waals surface area contributed by atoms with Crippen LogP contribution in [0, 0.1) is 12.8 Å². The fourth-order valence-corrected chi connectivity index (χ4v) is 3.94. The lowest BCUT2D eigenvalue weighted by molar-refractivity contribution is -0.156. The molecule has 8 nitrogen and oxygen atoms in total. The van der Waals surface area contributed by atoms with Crippen molar-refractivity contribution < 1.29 is 32.3 Å². The number of amides is 1. The molecule has 1 amide bonds. The fourth-order valence-electron chi connectivity index (χ4n) is 2.58. The third kappa shape index (κ3) is 3.77. The largest absolute Gasteiger partial charge is 0.468 e. The summed E-state index contributed by atoms with van der Waals surface area (Å²) in [4.78, 5) is 36.1. The van der Waals surface area contributed by atoms with Crippen molar-refractivity contribution >= 4 is 27.9 Å². The van der Waals surface area contributed by atoms with Gasteiger partial charge in [-0.15, -0.1) is 0 Å². The topological polar surface area (TPSA) is 107 Å². The molecule has 1 aliphatic heterocycles. The van der Waals surface area contributed by atoms with E-state index in [4.69, 9.17) is 0 Å². The van der Waals surface area contributed by atoms with E-state index >= 15 is 0 Å². The maximum atomic E-state index is 12.7. The Morgan fingerprint density at radius 2 is 1.62 bits per heavy atom. The molecule has 26 heavy (non-hydrogen) atoms. The SMILES string of the molecule is COC(=O)C(C(=O)OC)C1=CC(=O)N(S(=O)(=O)c2ccc(C)cc2)CC1. The van der Waals surface area contributed by atoms with Crippen LogP contribution in [-0.4, -0.2) is 51.3 Å². The molecule has 0 N–H and O–H groups in total. The summed E-state index contributed by atoms with van der Waals surface area (Å²) in [6.07, 6.45) is 0.999. The molecule has 9 heteroatoms. The van der Waals surface area contributed by atoms with Gasteiger partial charge in [-0.2, -0.15) is 0 Å². The predicted octanol–water partition coefficient (Wildman–Crippen LogP) is 0.805. The van der Waals surface area contributed by atoms with E-state index in [0.29, 0.717) is 4.31 Å². The minimum Gasteiger partial charge on any atom is -0.468 e. The Morgan fingerprint density at radius 3 is 2.08 bits per heavy atom. The molecule has 0 bridgehead atoms. The van der Waals surface area contributed by atoms with Gasteiger partial charge in [0.05, 0.1) is 19.1 Å². The van der Waals surface area contributed by atoms with Gasteiger partial charge in [0.1, 0.15) is 0 Å². The van der Waals surface area contributed by atoms with E-state index in [2.05, 4.69) is 9.47 Å². The summed E-state index contributed by atoms with van der Waals surface area (Å²) < 4.78 is 35.2. The molecule has 0 aliphatic carbocycles. The average molecular weight is 381 g/mol. The number of ether oxygens (including phenoxy) is 2. The zero-order valence-electron chi connectivity index (χ0n) is 14.6. The van der Waals surface area contributed by atoms with E-state index in [-0.39, 0.29) is 23.4 Å². The van der Waals surface area contributed by atoms with Crippen LogP contribution in [0.2, 0.25) is 0 Å². The van der Waals surface area contributed by atoms with Crippen LogP contribution in [0.1, 0.15) is 12.0 Å². The van der Waals surface area contributed by atoms with E-state index in [9.17, 15) is 22.8 Å². The summed E-state index contributed by atoms with van der Waals surface area (Å²) in [6, 6.07) is 6.10. The molecule has 1 aliphatic rings. The Kier molecular flexibility index (Phi) is 5.81. The first-order chi connectivity index (χ1) is 12.2. The lowest BCUT2D eigenvalue weighted by atomic mass is 9.94. The molecule has 0 spiro atoms. The van der Waals surface area contributed by atoms with Crippen molar-refractivity contribution in [3.8, 4) is 0 Å². The third-order valence-electron chi connectivity index (χ3n) is 4.01. The Bertz CT molecular complexity index is 840. The Balaban J connectivity index is 2.33. The highest BCUT2D eigenvalue weighted by Crippen LogP contribution is 2.26. The van der Waals surface area contributed by atoms with Gasteiger partial charge in [-0.25, -0.2) is 12.7 Å². The summed E-state index contributed by atoms with van der Waals surface area (Å²) in [6.45, 7) is 1.63. The summed E-state index contributed by atoms with van der Waals surface area (Å²) in [5.74, 6) is -3.96. The summed E-state index contributed by atoms with van der Waals surface area (Å²) in [5, 5.41) is 0. The Morgan fingerprint density at radius 1 is 1.08 bits per heavy atom. The van der Waals surface area contributed by atoms with E-state index < -0.39 is 33.8 Å². The Hall–Kier alpha value is -2.68. The van der Waals surface area contributed by atoms with Crippen molar-refractivity contribution in [3.63, 3.8) is 0 Å². The van der Waals surface area contributed by atoms with Gasteiger partial charge in [-0.3, -0.25) is 14.4 Å². The highest BCUT2D eigenvalue weighted by Gasteiger charge is 2.38. The number of sulfonamides is 1. The summed E-state index contributed by atoms with van der Waals surface area (Å²) in [7, 11) is -1.80. The highest BCUT2D eigenvalue weighted by atomic mass is 32.2. The molecule has 0 radical (unpaired) electrons. The number of esters is 2. The van der Waals surface area contributed by atoms with E-state index in [1.165, 1.54) is 12.1 Å². The second-order valence-electron chi connectivity index (χ2n) is 5.68. The molecular weight excluding hydrogens is 362 g/mol. The molecule has 0 atom stereocenters.